The molecule has 0 saturated carbocycles. The van der Waals surface area contributed by atoms with Crippen molar-refractivity contribution in [3.8, 4) is 26.8 Å². The molecule has 0 aliphatic carbocycles. The third kappa shape index (κ3) is 3.52. The van der Waals surface area contributed by atoms with E-state index in [9.17, 15) is 0 Å². The van der Waals surface area contributed by atoms with Crippen molar-refractivity contribution in [1.29, 1.82) is 0 Å². The zero-order valence-corrected chi connectivity index (χ0v) is 13.3. The van der Waals surface area contributed by atoms with Crippen molar-refractivity contribution in [2.24, 2.45) is 0 Å². The fourth-order valence-corrected chi connectivity index (χ4v) is 3.01. The molecule has 0 radical (unpaired) electrons. The maximum absolute atomic E-state index is 5.69. The number of thiazole rings is 1. The quantitative estimate of drug-likeness (QED) is 0.597. The summed E-state index contributed by atoms with van der Waals surface area (Å²) < 4.78 is 5.69. The molecule has 2 heterocycles. The lowest BCUT2D eigenvalue weighted by atomic mass is 10.2. The van der Waals surface area contributed by atoms with Crippen LogP contribution in [-0.2, 0) is 0 Å². The Balaban J connectivity index is 1.73. The molecular formula is C18H18N2OS. The van der Waals surface area contributed by atoms with Crippen LogP contribution in [-0.4, -0.2) is 16.6 Å². The smallest absolute Gasteiger partial charge is 0.123 e. The second kappa shape index (κ2) is 7.18. The minimum atomic E-state index is 0.780. The molecule has 0 fully saturated rings. The topological polar surface area (TPSA) is 35.0 Å². The highest BCUT2D eigenvalue weighted by Gasteiger charge is 2.06. The number of ether oxygens (including phenoxy) is 1. The molecule has 0 atom stereocenters. The standard InChI is InChI=1S/C18H18N2OS/c1-2-3-12-21-16-6-4-14(5-7-16)17-13-20-18(22-17)15-8-10-19-11-9-15/h4-11,13H,2-3,12H2,1H3. The van der Waals surface area contributed by atoms with Gasteiger partial charge in [0.1, 0.15) is 10.8 Å². The van der Waals surface area contributed by atoms with Crippen LogP contribution in [0.3, 0.4) is 0 Å². The molecule has 1 aromatic carbocycles. The van der Waals surface area contributed by atoms with Crippen LogP contribution in [0.1, 0.15) is 19.8 Å². The summed E-state index contributed by atoms with van der Waals surface area (Å²) in [6, 6.07) is 12.2. The van der Waals surface area contributed by atoms with Crippen LogP contribution in [0.5, 0.6) is 5.75 Å². The second-order valence-corrected chi connectivity index (χ2v) is 6.02. The number of benzene rings is 1. The van der Waals surface area contributed by atoms with E-state index in [4.69, 9.17) is 4.74 Å². The fourth-order valence-electron chi connectivity index (χ4n) is 2.09. The van der Waals surface area contributed by atoms with Gasteiger partial charge in [0.2, 0.25) is 0 Å². The molecule has 0 aliphatic heterocycles. The van der Waals surface area contributed by atoms with E-state index in [-0.39, 0.29) is 0 Å². The number of pyridine rings is 1. The molecule has 2 aromatic heterocycles. The molecule has 0 bridgehead atoms. The van der Waals surface area contributed by atoms with Gasteiger partial charge in [-0.3, -0.25) is 4.98 Å². The van der Waals surface area contributed by atoms with E-state index in [0.29, 0.717) is 0 Å². The highest BCUT2D eigenvalue weighted by atomic mass is 32.1. The van der Waals surface area contributed by atoms with Crippen molar-refractivity contribution in [2.75, 3.05) is 6.61 Å². The lowest BCUT2D eigenvalue weighted by molar-refractivity contribution is 0.309. The Morgan fingerprint density at radius 3 is 2.50 bits per heavy atom. The third-order valence-electron chi connectivity index (χ3n) is 3.34. The van der Waals surface area contributed by atoms with Crippen molar-refractivity contribution in [2.45, 2.75) is 19.8 Å². The average molecular weight is 310 g/mol. The van der Waals surface area contributed by atoms with Crippen LogP contribution in [0, 0.1) is 0 Å². The number of rotatable bonds is 6. The van der Waals surface area contributed by atoms with Gasteiger partial charge in [-0.1, -0.05) is 13.3 Å². The van der Waals surface area contributed by atoms with Gasteiger partial charge in [-0.2, -0.15) is 0 Å². The van der Waals surface area contributed by atoms with Gasteiger partial charge in [0.25, 0.3) is 0 Å². The first-order valence-electron chi connectivity index (χ1n) is 7.46. The summed E-state index contributed by atoms with van der Waals surface area (Å²) in [6.45, 7) is 2.94. The summed E-state index contributed by atoms with van der Waals surface area (Å²) in [5, 5.41) is 1.01. The molecule has 0 N–H and O–H groups in total. The summed E-state index contributed by atoms with van der Waals surface area (Å²) in [5.41, 5.74) is 2.27. The Morgan fingerprint density at radius 2 is 1.77 bits per heavy atom. The molecule has 0 spiro atoms. The highest BCUT2D eigenvalue weighted by Crippen LogP contribution is 2.32. The monoisotopic (exact) mass is 310 g/mol. The zero-order chi connectivity index (χ0) is 15.2. The highest BCUT2D eigenvalue weighted by molar-refractivity contribution is 7.18. The van der Waals surface area contributed by atoms with Crippen LogP contribution < -0.4 is 4.74 Å². The number of unbranched alkanes of at least 4 members (excludes halogenated alkanes) is 1. The lowest BCUT2D eigenvalue weighted by Crippen LogP contribution is -1.95. The number of hydrogen-bond donors (Lipinski definition) is 0. The first-order chi connectivity index (χ1) is 10.9. The molecule has 3 rings (SSSR count). The Kier molecular flexibility index (Phi) is 4.81. The maximum atomic E-state index is 5.69. The third-order valence-corrected chi connectivity index (χ3v) is 4.43. The molecule has 0 saturated heterocycles. The molecule has 112 valence electrons. The molecule has 3 aromatic rings. The summed E-state index contributed by atoms with van der Waals surface area (Å²) in [5.74, 6) is 0.927. The van der Waals surface area contributed by atoms with Crippen molar-refractivity contribution in [1.82, 2.24) is 9.97 Å². The van der Waals surface area contributed by atoms with Gasteiger partial charge in [-0.15, -0.1) is 11.3 Å². The molecule has 4 heteroatoms. The van der Waals surface area contributed by atoms with Crippen LogP contribution in [0.2, 0.25) is 0 Å². The van der Waals surface area contributed by atoms with Crippen molar-refractivity contribution in [3.63, 3.8) is 0 Å². The molecular weight excluding hydrogens is 292 g/mol. The number of nitrogens with zero attached hydrogens (tertiary/aromatic N) is 2. The van der Waals surface area contributed by atoms with Gasteiger partial charge >= 0.3 is 0 Å². The van der Waals surface area contributed by atoms with Gasteiger partial charge in [0.05, 0.1) is 11.5 Å². The van der Waals surface area contributed by atoms with Crippen molar-refractivity contribution >= 4 is 11.3 Å². The first-order valence-corrected chi connectivity index (χ1v) is 8.28. The SMILES string of the molecule is CCCCOc1ccc(-c2cnc(-c3ccncc3)s2)cc1. The maximum Gasteiger partial charge on any atom is 0.123 e. The normalized spacial score (nSPS) is 10.6. The van der Waals surface area contributed by atoms with Crippen molar-refractivity contribution < 1.29 is 4.74 Å². The van der Waals surface area contributed by atoms with Crippen molar-refractivity contribution in [3.05, 3.63) is 55.0 Å². The van der Waals surface area contributed by atoms with Gasteiger partial charge < -0.3 is 4.74 Å². The number of hydrogen-bond acceptors (Lipinski definition) is 4. The average Bonchev–Trinajstić information content (AvgIpc) is 3.07. The van der Waals surface area contributed by atoms with E-state index >= 15 is 0 Å². The minimum absolute atomic E-state index is 0.780. The van der Waals surface area contributed by atoms with Gasteiger partial charge in [-0.05, 0) is 48.4 Å². The summed E-state index contributed by atoms with van der Waals surface area (Å²) in [4.78, 5) is 9.70. The predicted molar refractivity (Wildman–Crippen MR) is 91.2 cm³/mol. The Labute approximate surface area is 134 Å². The molecule has 3 nitrogen and oxygen atoms in total. The van der Waals surface area contributed by atoms with Crippen LogP contribution in [0.25, 0.3) is 21.0 Å². The van der Waals surface area contributed by atoms with Gasteiger partial charge in [0.15, 0.2) is 0 Å². The Hall–Kier alpha value is -2.20. The van der Waals surface area contributed by atoms with Crippen LogP contribution in [0.15, 0.2) is 55.0 Å². The lowest BCUT2D eigenvalue weighted by Gasteiger charge is -2.05. The van der Waals surface area contributed by atoms with E-state index in [1.165, 1.54) is 5.56 Å². The first kappa shape index (κ1) is 14.7. The van der Waals surface area contributed by atoms with Crippen LogP contribution >= 0.6 is 11.3 Å². The molecule has 0 amide bonds. The van der Waals surface area contributed by atoms with E-state index < -0.39 is 0 Å². The molecule has 22 heavy (non-hydrogen) atoms. The largest absolute Gasteiger partial charge is 0.494 e. The fraction of sp³-hybridized carbons (Fsp3) is 0.222. The second-order valence-electron chi connectivity index (χ2n) is 4.99. The molecule has 0 unspecified atom stereocenters. The molecule has 0 aliphatic rings. The zero-order valence-electron chi connectivity index (χ0n) is 12.5. The summed E-state index contributed by atoms with van der Waals surface area (Å²) in [6.07, 6.45) is 7.74. The van der Waals surface area contributed by atoms with Gasteiger partial charge in [-0.25, -0.2) is 4.98 Å². The van der Waals surface area contributed by atoms with E-state index in [0.717, 1.165) is 40.6 Å². The summed E-state index contributed by atoms with van der Waals surface area (Å²) >= 11 is 1.69. The number of aromatic nitrogens is 2. The Bertz CT molecular complexity index is 707. The van der Waals surface area contributed by atoms with Crippen LogP contribution in [0.4, 0.5) is 0 Å². The Morgan fingerprint density at radius 1 is 1.00 bits per heavy atom. The van der Waals surface area contributed by atoms with E-state index in [1.807, 2.05) is 30.5 Å². The summed E-state index contributed by atoms with van der Waals surface area (Å²) in [7, 11) is 0. The van der Waals surface area contributed by atoms with E-state index in [1.54, 1.807) is 23.7 Å². The minimum Gasteiger partial charge on any atom is -0.494 e. The predicted octanol–water partition coefficient (Wildman–Crippen LogP) is 5.05. The van der Waals surface area contributed by atoms with Gasteiger partial charge in [0, 0.05) is 24.2 Å². The van der Waals surface area contributed by atoms with E-state index in [2.05, 4.69) is 29.0 Å².